The fraction of sp³-hybridized carbons (Fsp3) is 0.200. The number of hydrogen-bond donors (Lipinski definition) is 1. The van der Waals surface area contributed by atoms with Crippen LogP contribution in [-0.2, 0) is 14.3 Å². The normalized spacial score (nSPS) is 18.1. The summed E-state index contributed by atoms with van der Waals surface area (Å²) in [5, 5.41) is 3.01. The van der Waals surface area contributed by atoms with Gasteiger partial charge in [0.15, 0.2) is 0 Å². The molecular formula is C10H8ClNO4. The molecule has 0 aromatic heterocycles. The van der Waals surface area contributed by atoms with Crippen molar-refractivity contribution >= 4 is 29.2 Å². The maximum absolute atomic E-state index is 11.4. The number of halogens is 1. The summed E-state index contributed by atoms with van der Waals surface area (Å²) < 4.78 is 9.88. The summed E-state index contributed by atoms with van der Waals surface area (Å²) in [6, 6.07) is 4.76. The highest BCUT2D eigenvalue weighted by molar-refractivity contribution is 6.31. The lowest BCUT2D eigenvalue weighted by molar-refractivity contribution is -0.168. The topological polar surface area (TPSA) is 64.6 Å². The summed E-state index contributed by atoms with van der Waals surface area (Å²) in [5.74, 6) is -0.710. The molecular weight excluding hydrogens is 234 g/mol. The van der Waals surface area contributed by atoms with Gasteiger partial charge in [-0.3, -0.25) is 9.59 Å². The number of rotatable bonds is 1. The number of esters is 1. The van der Waals surface area contributed by atoms with Crippen LogP contribution in [0.1, 0.15) is 6.92 Å². The van der Waals surface area contributed by atoms with Gasteiger partial charge in [0.05, 0.1) is 5.69 Å². The number of hydrogen-bond acceptors (Lipinski definition) is 4. The first-order valence-electron chi connectivity index (χ1n) is 4.50. The van der Waals surface area contributed by atoms with Gasteiger partial charge in [0.1, 0.15) is 5.75 Å². The standard InChI is InChI=1S/C10H8ClNO4/c1-5(13)15-10-9(14)12-7-4-6(11)2-3-8(7)16-10/h2-4,10H,1H3,(H,12,14). The van der Waals surface area contributed by atoms with Crippen molar-refractivity contribution in [1.82, 2.24) is 0 Å². The molecule has 5 nitrogen and oxygen atoms in total. The lowest BCUT2D eigenvalue weighted by Gasteiger charge is -2.24. The summed E-state index contributed by atoms with van der Waals surface area (Å²) in [7, 11) is 0. The number of carbonyl (C=O) groups excluding carboxylic acids is 2. The van der Waals surface area contributed by atoms with E-state index in [9.17, 15) is 9.59 Å². The first-order valence-corrected chi connectivity index (χ1v) is 4.88. The molecule has 16 heavy (non-hydrogen) atoms. The van der Waals surface area contributed by atoms with E-state index in [0.29, 0.717) is 16.5 Å². The van der Waals surface area contributed by atoms with Gasteiger partial charge in [-0.1, -0.05) is 11.6 Å². The maximum atomic E-state index is 11.4. The third-order valence-electron chi connectivity index (χ3n) is 1.92. The summed E-state index contributed by atoms with van der Waals surface area (Å²) >= 11 is 5.75. The lowest BCUT2D eigenvalue weighted by atomic mass is 10.2. The third kappa shape index (κ3) is 2.09. The average molecular weight is 242 g/mol. The number of anilines is 1. The molecule has 1 aromatic rings. The summed E-state index contributed by atoms with van der Waals surface area (Å²) in [5.41, 5.74) is 0.459. The number of carbonyl (C=O) groups is 2. The Bertz CT molecular complexity index is 460. The van der Waals surface area contributed by atoms with Gasteiger partial charge in [0.2, 0.25) is 0 Å². The van der Waals surface area contributed by atoms with Crippen LogP contribution in [0.3, 0.4) is 0 Å². The summed E-state index contributed by atoms with van der Waals surface area (Å²) in [6.45, 7) is 1.20. The molecule has 2 rings (SSSR count). The van der Waals surface area contributed by atoms with Crippen molar-refractivity contribution in [2.24, 2.45) is 0 Å². The van der Waals surface area contributed by atoms with Gasteiger partial charge in [0, 0.05) is 11.9 Å². The number of amides is 1. The molecule has 1 aliphatic rings. The van der Waals surface area contributed by atoms with Crippen LogP contribution in [0, 0.1) is 0 Å². The SMILES string of the molecule is CC(=O)OC1Oc2ccc(Cl)cc2NC1=O. The van der Waals surface area contributed by atoms with E-state index in [2.05, 4.69) is 10.1 Å². The minimum Gasteiger partial charge on any atom is -0.444 e. The molecule has 1 aliphatic heterocycles. The first-order chi connectivity index (χ1) is 7.56. The fourth-order valence-electron chi connectivity index (χ4n) is 1.29. The van der Waals surface area contributed by atoms with E-state index in [1.54, 1.807) is 18.2 Å². The number of ether oxygens (including phenoxy) is 2. The smallest absolute Gasteiger partial charge is 0.324 e. The molecule has 0 radical (unpaired) electrons. The second kappa shape index (κ2) is 4.02. The van der Waals surface area contributed by atoms with Crippen LogP contribution in [-0.4, -0.2) is 18.2 Å². The second-order valence-electron chi connectivity index (χ2n) is 3.19. The first kappa shape index (κ1) is 10.8. The Morgan fingerprint density at radius 2 is 2.31 bits per heavy atom. The molecule has 0 aliphatic carbocycles. The quantitative estimate of drug-likeness (QED) is 0.758. The number of benzene rings is 1. The van der Waals surface area contributed by atoms with E-state index in [1.165, 1.54) is 6.92 Å². The van der Waals surface area contributed by atoms with Crippen LogP contribution in [0.25, 0.3) is 0 Å². The zero-order chi connectivity index (χ0) is 11.7. The van der Waals surface area contributed by atoms with Gasteiger partial charge in [0.25, 0.3) is 0 Å². The van der Waals surface area contributed by atoms with E-state index in [1.807, 2.05) is 0 Å². The van der Waals surface area contributed by atoms with E-state index < -0.39 is 18.2 Å². The molecule has 1 atom stereocenters. The van der Waals surface area contributed by atoms with Crippen molar-refractivity contribution in [1.29, 1.82) is 0 Å². The molecule has 0 saturated heterocycles. The van der Waals surface area contributed by atoms with Crippen LogP contribution in [0.5, 0.6) is 5.75 Å². The summed E-state index contributed by atoms with van der Waals surface area (Å²) in [6.07, 6.45) is -1.24. The zero-order valence-electron chi connectivity index (χ0n) is 8.32. The third-order valence-corrected chi connectivity index (χ3v) is 2.16. The van der Waals surface area contributed by atoms with E-state index in [4.69, 9.17) is 16.3 Å². The minimum absolute atomic E-state index is 0.412. The highest BCUT2D eigenvalue weighted by Crippen LogP contribution is 2.32. The van der Waals surface area contributed by atoms with Crippen LogP contribution in [0.2, 0.25) is 5.02 Å². The van der Waals surface area contributed by atoms with Crippen molar-refractivity contribution < 1.29 is 19.1 Å². The number of fused-ring (bicyclic) bond motifs is 1. The fourth-order valence-corrected chi connectivity index (χ4v) is 1.46. The lowest BCUT2D eigenvalue weighted by Crippen LogP contribution is -2.40. The van der Waals surface area contributed by atoms with Crippen LogP contribution < -0.4 is 10.1 Å². The molecule has 1 unspecified atom stereocenters. The molecule has 0 saturated carbocycles. The molecule has 84 valence electrons. The number of nitrogens with one attached hydrogen (secondary N) is 1. The Morgan fingerprint density at radius 1 is 1.56 bits per heavy atom. The van der Waals surface area contributed by atoms with Crippen LogP contribution in [0.15, 0.2) is 18.2 Å². The Labute approximate surface area is 96.3 Å². The molecule has 1 amide bonds. The van der Waals surface area contributed by atoms with Gasteiger partial charge in [-0.2, -0.15) is 0 Å². The van der Waals surface area contributed by atoms with Crippen molar-refractivity contribution in [3.05, 3.63) is 23.2 Å². The molecule has 1 N–H and O–H groups in total. The maximum Gasteiger partial charge on any atom is 0.324 e. The highest BCUT2D eigenvalue weighted by Gasteiger charge is 2.30. The van der Waals surface area contributed by atoms with E-state index >= 15 is 0 Å². The van der Waals surface area contributed by atoms with E-state index in [0.717, 1.165) is 0 Å². The molecule has 0 bridgehead atoms. The molecule has 6 heteroatoms. The Balaban J connectivity index is 2.25. The largest absolute Gasteiger partial charge is 0.444 e. The monoisotopic (exact) mass is 241 g/mol. The average Bonchev–Trinajstić information content (AvgIpc) is 2.19. The van der Waals surface area contributed by atoms with Crippen molar-refractivity contribution in [2.75, 3.05) is 5.32 Å². The van der Waals surface area contributed by atoms with Gasteiger partial charge in [-0.25, -0.2) is 0 Å². The molecule has 1 aromatic carbocycles. The Kier molecular flexibility index (Phi) is 2.70. The Hall–Kier alpha value is -1.75. The molecule has 0 fully saturated rings. The van der Waals surface area contributed by atoms with Gasteiger partial charge < -0.3 is 14.8 Å². The highest BCUT2D eigenvalue weighted by atomic mass is 35.5. The van der Waals surface area contributed by atoms with Crippen molar-refractivity contribution in [2.45, 2.75) is 13.2 Å². The second-order valence-corrected chi connectivity index (χ2v) is 3.63. The van der Waals surface area contributed by atoms with Crippen LogP contribution >= 0.6 is 11.6 Å². The Morgan fingerprint density at radius 3 is 3.00 bits per heavy atom. The van der Waals surface area contributed by atoms with Crippen LogP contribution in [0.4, 0.5) is 5.69 Å². The van der Waals surface area contributed by atoms with Crippen molar-refractivity contribution in [3.63, 3.8) is 0 Å². The van der Waals surface area contributed by atoms with Gasteiger partial charge in [-0.15, -0.1) is 0 Å². The van der Waals surface area contributed by atoms with Gasteiger partial charge >= 0.3 is 18.2 Å². The zero-order valence-corrected chi connectivity index (χ0v) is 9.08. The van der Waals surface area contributed by atoms with E-state index in [-0.39, 0.29) is 0 Å². The predicted molar refractivity (Wildman–Crippen MR) is 56.3 cm³/mol. The molecule has 0 spiro atoms. The van der Waals surface area contributed by atoms with Crippen molar-refractivity contribution in [3.8, 4) is 5.75 Å². The molecule has 1 heterocycles. The predicted octanol–water partition coefficient (Wildman–Crippen LogP) is 1.56. The van der Waals surface area contributed by atoms with Gasteiger partial charge in [-0.05, 0) is 18.2 Å². The minimum atomic E-state index is -1.24. The summed E-state index contributed by atoms with van der Waals surface area (Å²) in [4.78, 5) is 22.2.